The first-order chi connectivity index (χ1) is 26.8. The highest BCUT2D eigenvalue weighted by molar-refractivity contribution is 6.06. The molecule has 1 spiro atoms. The lowest BCUT2D eigenvalue weighted by Crippen LogP contribution is -2.26. The maximum absolute atomic E-state index is 5.14. The molecule has 8 aromatic carbocycles. The number of para-hydroxylation sites is 2. The summed E-state index contributed by atoms with van der Waals surface area (Å²) in [6.45, 7) is 0. The Balaban J connectivity index is 1.03. The normalized spacial score (nSPS) is 14.7. The van der Waals surface area contributed by atoms with Gasteiger partial charge in [-0.25, -0.2) is 4.98 Å². The van der Waals surface area contributed by atoms with Gasteiger partial charge in [0, 0.05) is 11.3 Å². The van der Waals surface area contributed by atoms with Crippen molar-refractivity contribution in [1.82, 2.24) is 9.55 Å². The fraction of sp³-hybridized carbons (Fsp3) is 0.0577. The van der Waals surface area contributed by atoms with Crippen LogP contribution in [-0.4, -0.2) is 9.55 Å². The molecule has 1 heterocycles. The van der Waals surface area contributed by atoms with Gasteiger partial charge in [0.05, 0.1) is 16.4 Å². The Hall–Kier alpha value is -6.77. The summed E-state index contributed by atoms with van der Waals surface area (Å²) in [5.74, 6) is 0.993. The van der Waals surface area contributed by atoms with Crippen molar-refractivity contribution < 1.29 is 0 Å². The van der Waals surface area contributed by atoms with Crippen LogP contribution in [0.1, 0.15) is 35.1 Å². The van der Waals surface area contributed by atoms with E-state index in [1.807, 2.05) is 0 Å². The summed E-state index contributed by atoms with van der Waals surface area (Å²) in [6, 6.07) is 61.2. The van der Waals surface area contributed by atoms with E-state index in [2.05, 4.69) is 187 Å². The van der Waals surface area contributed by atoms with Crippen molar-refractivity contribution in [1.29, 1.82) is 0 Å². The summed E-state index contributed by atoms with van der Waals surface area (Å²) in [5.41, 5.74) is 17.4. The van der Waals surface area contributed by atoms with Crippen LogP contribution in [0.25, 0.3) is 83.0 Å². The maximum Gasteiger partial charge on any atom is 0.145 e. The van der Waals surface area contributed by atoms with Crippen molar-refractivity contribution in [3.8, 4) is 44.8 Å². The number of allylic oxidation sites excluding steroid dienone is 4. The van der Waals surface area contributed by atoms with Crippen molar-refractivity contribution in [2.75, 3.05) is 0 Å². The van der Waals surface area contributed by atoms with Crippen LogP contribution in [0.15, 0.2) is 182 Å². The fourth-order valence-corrected chi connectivity index (χ4v) is 9.94. The lowest BCUT2D eigenvalue weighted by molar-refractivity contribution is 0.802. The first-order valence-corrected chi connectivity index (χ1v) is 19.0. The fourth-order valence-electron chi connectivity index (χ4n) is 9.94. The van der Waals surface area contributed by atoms with Crippen LogP contribution in [0.5, 0.6) is 0 Å². The zero-order chi connectivity index (χ0) is 35.4. The Morgan fingerprint density at radius 1 is 0.500 bits per heavy atom. The van der Waals surface area contributed by atoms with Gasteiger partial charge in [0.1, 0.15) is 5.82 Å². The first kappa shape index (κ1) is 29.8. The Labute approximate surface area is 314 Å². The zero-order valence-corrected chi connectivity index (χ0v) is 29.6. The molecule has 3 aliphatic carbocycles. The molecule has 0 amide bonds. The number of hydrogen-bond acceptors (Lipinski definition) is 1. The molecule has 2 nitrogen and oxygen atoms in total. The van der Waals surface area contributed by atoms with E-state index in [9.17, 15) is 0 Å². The molecule has 0 saturated carbocycles. The molecule has 0 radical (unpaired) electrons. The number of nitrogens with zero attached hydrogens (tertiary/aromatic N) is 2. The summed E-state index contributed by atoms with van der Waals surface area (Å²) in [6.07, 6.45) is 8.69. The van der Waals surface area contributed by atoms with Gasteiger partial charge in [0.2, 0.25) is 0 Å². The summed E-state index contributed by atoms with van der Waals surface area (Å²) in [7, 11) is 0. The van der Waals surface area contributed by atoms with E-state index in [0.717, 1.165) is 35.3 Å². The van der Waals surface area contributed by atoms with E-state index in [-0.39, 0.29) is 0 Å². The van der Waals surface area contributed by atoms with Crippen LogP contribution in [0, 0.1) is 0 Å². The highest BCUT2D eigenvalue weighted by Gasteiger charge is 2.52. The highest BCUT2D eigenvalue weighted by atomic mass is 15.1. The number of aromatic nitrogens is 2. The van der Waals surface area contributed by atoms with Gasteiger partial charge in [-0.05, 0) is 126 Å². The summed E-state index contributed by atoms with van der Waals surface area (Å²) in [4.78, 5) is 5.14. The van der Waals surface area contributed by atoms with Crippen molar-refractivity contribution in [2.24, 2.45) is 0 Å². The molecule has 9 aromatic rings. The van der Waals surface area contributed by atoms with Crippen LogP contribution in [0.4, 0.5) is 0 Å². The van der Waals surface area contributed by atoms with E-state index >= 15 is 0 Å². The lowest BCUT2D eigenvalue weighted by Gasteiger charge is -2.31. The zero-order valence-electron chi connectivity index (χ0n) is 29.6. The topological polar surface area (TPSA) is 17.8 Å². The first-order valence-electron chi connectivity index (χ1n) is 19.0. The molecular weight excluding hydrogens is 653 g/mol. The largest absolute Gasteiger partial charge is 0.296 e. The molecule has 1 aromatic heterocycles. The minimum absolute atomic E-state index is 0.403. The van der Waals surface area contributed by atoms with Crippen LogP contribution in [-0.2, 0) is 5.41 Å². The molecule has 0 saturated heterocycles. The third kappa shape index (κ3) is 3.97. The molecule has 0 fully saturated rings. The van der Waals surface area contributed by atoms with E-state index in [1.54, 1.807) is 0 Å². The second kappa shape index (κ2) is 11.1. The van der Waals surface area contributed by atoms with E-state index in [1.165, 1.54) is 82.9 Å². The van der Waals surface area contributed by atoms with E-state index in [0.29, 0.717) is 0 Å². The molecule has 3 aliphatic rings. The second-order valence-electron chi connectivity index (χ2n) is 15.0. The molecule has 0 atom stereocenters. The quantitative estimate of drug-likeness (QED) is 0.181. The summed E-state index contributed by atoms with van der Waals surface area (Å²) >= 11 is 0. The van der Waals surface area contributed by atoms with Gasteiger partial charge < -0.3 is 0 Å². The molecule has 0 aliphatic heterocycles. The average Bonchev–Trinajstić information content (AvgIpc) is 3.87. The standard InChI is InChI=1S/C52H34N2/c1-2-13-39(14-3-1)54-49-21-11-10-20-48(49)53-51(54)35-24-22-33(23-25-35)36-26-27-37-31-44-43-29-28-34-12-4-5-15-40(34)50(43)52(47(44)32-38(37)30-36)45-18-8-6-16-41(45)42-17-7-9-19-46(42)52/h1-2,4-13,15-32H,3,14H2. The Morgan fingerprint density at radius 2 is 1.20 bits per heavy atom. The highest BCUT2D eigenvalue weighted by Crippen LogP contribution is 2.64. The van der Waals surface area contributed by atoms with Crippen LogP contribution in [0.3, 0.4) is 0 Å². The minimum Gasteiger partial charge on any atom is -0.296 e. The van der Waals surface area contributed by atoms with E-state index < -0.39 is 5.41 Å². The SMILES string of the molecule is C1=CCCC(n2c(-c3ccc(-c4ccc5cc6c(cc5c4)C4(c5ccccc5-c5ccccc54)c4c-6ccc5ccccc45)cc3)nc3ccccc32)=C1. The maximum atomic E-state index is 5.14. The second-order valence-corrected chi connectivity index (χ2v) is 15.0. The summed E-state index contributed by atoms with van der Waals surface area (Å²) in [5, 5.41) is 5.12. The molecule has 12 rings (SSSR count). The molecule has 0 N–H and O–H groups in total. The lowest BCUT2D eigenvalue weighted by atomic mass is 9.69. The van der Waals surface area contributed by atoms with Crippen molar-refractivity contribution >= 4 is 38.3 Å². The van der Waals surface area contributed by atoms with Crippen molar-refractivity contribution in [3.63, 3.8) is 0 Å². The number of hydrogen-bond donors (Lipinski definition) is 0. The van der Waals surface area contributed by atoms with Gasteiger partial charge >= 0.3 is 0 Å². The van der Waals surface area contributed by atoms with Gasteiger partial charge in [-0.3, -0.25) is 4.57 Å². The Morgan fingerprint density at radius 3 is 2.02 bits per heavy atom. The number of fused-ring (bicyclic) bond motifs is 14. The number of benzene rings is 8. The third-order valence-electron chi connectivity index (χ3n) is 12.2. The monoisotopic (exact) mass is 686 g/mol. The number of imidazole rings is 1. The third-order valence-corrected chi connectivity index (χ3v) is 12.2. The van der Waals surface area contributed by atoms with Crippen molar-refractivity contribution in [2.45, 2.75) is 18.3 Å². The number of rotatable bonds is 3. The molecule has 2 heteroatoms. The van der Waals surface area contributed by atoms with E-state index in [4.69, 9.17) is 4.98 Å². The van der Waals surface area contributed by atoms with Gasteiger partial charge in [-0.15, -0.1) is 0 Å². The summed E-state index contributed by atoms with van der Waals surface area (Å²) < 4.78 is 2.35. The molecule has 0 bridgehead atoms. The Kier molecular flexibility index (Phi) is 6.13. The molecular formula is C52H34N2. The Bertz CT molecular complexity index is 3050. The smallest absolute Gasteiger partial charge is 0.145 e. The van der Waals surface area contributed by atoms with Gasteiger partial charge in [-0.1, -0.05) is 146 Å². The molecule has 54 heavy (non-hydrogen) atoms. The molecule has 0 unspecified atom stereocenters. The predicted molar refractivity (Wildman–Crippen MR) is 225 cm³/mol. The van der Waals surface area contributed by atoms with Crippen molar-refractivity contribution in [3.05, 3.63) is 204 Å². The van der Waals surface area contributed by atoms with Gasteiger partial charge in [0.25, 0.3) is 0 Å². The van der Waals surface area contributed by atoms with Crippen LogP contribution >= 0.6 is 0 Å². The molecule has 252 valence electrons. The van der Waals surface area contributed by atoms with Gasteiger partial charge in [-0.2, -0.15) is 0 Å². The minimum atomic E-state index is -0.403. The predicted octanol–water partition coefficient (Wildman–Crippen LogP) is 13.2. The van der Waals surface area contributed by atoms with Crippen LogP contribution in [0.2, 0.25) is 0 Å². The average molecular weight is 687 g/mol. The van der Waals surface area contributed by atoms with Crippen LogP contribution < -0.4 is 0 Å². The van der Waals surface area contributed by atoms with Gasteiger partial charge in [0.15, 0.2) is 0 Å².